The molecule has 2 nitrogen and oxygen atoms in total. The van der Waals surface area contributed by atoms with Crippen molar-refractivity contribution in [1.82, 2.24) is 0 Å². The molecule has 2 heteroatoms. The molecule has 0 radical (unpaired) electrons. The number of rotatable bonds is 8. The Hall–Kier alpha value is -1.02. The van der Waals surface area contributed by atoms with E-state index in [1.54, 1.807) is 7.11 Å². The van der Waals surface area contributed by atoms with Crippen LogP contribution in [0.1, 0.15) is 51.2 Å². The summed E-state index contributed by atoms with van der Waals surface area (Å²) in [6.45, 7) is 5.16. The Balaban J connectivity index is 2.78. The van der Waals surface area contributed by atoms with Crippen molar-refractivity contribution in [2.75, 3.05) is 13.7 Å². The summed E-state index contributed by atoms with van der Waals surface area (Å²) in [4.78, 5) is 0. The first-order valence-corrected chi connectivity index (χ1v) is 6.58. The maximum Gasteiger partial charge on any atom is 0.124 e. The van der Waals surface area contributed by atoms with Crippen molar-refractivity contribution in [2.24, 2.45) is 0 Å². The van der Waals surface area contributed by atoms with Crippen LogP contribution in [-0.4, -0.2) is 13.7 Å². The van der Waals surface area contributed by atoms with Crippen LogP contribution in [0.15, 0.2) is 24.3 Å². The summed E-state index contributed by atoms with van der Waals surface area (Å²) in [5, 5.41) is 0. The molecule has 0 aromatic heterocycles. The van der Waals surface area contributed by atoms with E-state index in [4.69, 9.17) is 9.47 Å². The van der Waals surface area contributed by atoms with Crippen molar-refractivity contribution < 1.29 is 9.47 Å². The van der Waals surface area contributed by atoms with Crippen LogP contribution in [0, 0.1) is 0 Å². The standard InChI is InChI=1S/C15H24O2/c1-4-6-10-15(17-12-5-2)13-9-7-8-11-14(13)16-3/h7-9,11,15H,4-6,10,12H2,1-3H3. The van der Waals surface area contributed by atoms with E-state index in [2.05, 4.69) is 19.9 Å². The molecule has 17 heavy (non-hydrogen) atoms. The molecule has 0 saturated carbocycles. The highest BCUT2D eigenvalue weighted by molar-refractivity contribution is 5.35. The second kappa shape index (κ2) is 8.13. The van der Waals surface area contributed by atoms with E-state index in [0.717, 1.165) is 25.2 Å². The second-order valence-electron chi connectivity index (χ2n) is 4.24. The lowest BCUT2D eigenvalue weighted by Gasteiger charge is -2.20. The lowest BCUT2D eigenvalue weighted by molar-refractivity contribution is 0.0439. The van der Waals surface area contributed by atoms with Gasteiger partial charge in [0.15, 0.2) is 0 Å². The van der Waals surface area contributed by atoms with Crippen molar-refractivity contribution in [2.45, 2.75) is 45.6 Å². The molecule has 0 amide bonds. The molecule has 96 valence electrons. The van der Waals surface area contributed by atoms with Crippen LogP contribution in [0.3, 0.4) is 0 Å². The first-order chi connectivity index (χ1) is 8.33. The smallest absolute Gasteiger partial charge is 0.124 e. The number of unbranched alkanes of at least 4 members (excludes halogenated alkanes) is 1. The van der Waals surface area contributed by atoms with Crippen molar-refractivity contribution >= 4 is 0 Å². The fourth-order valence-corrected chi connectivity index (χ4v) is 1.91. The largest absolute Gasteiger partial charge is 0.496 e. The minimum absolute atomic E-state index is 0.172. The fraction of sp³-hybridized carbons (Fsp3) is 0.600. The Morgan fingerprint density at radius 1 is 1.12 bits per heavy atom. The van der Waals surface area contributed by atoms with Crippen LogP contribution < -0.4 is 4.74 Å². The van der Waals surface area contributed by atoms with E-state index in [-0.39, 0.29) is 6.10 Å². The summed E-state index contributed by atoms with van der Waals surface area (Å²) >= 11 is 0. The number of hydrogen-bond acceptors (Lipinski definition) is 2. The lowest BCUT2D eigenvalue weighted by atomic mass is 10.0. The van der Waals surface area contributed by atoms with Gasteiger partial charge in [-0.05, 0) is 18.9 Å². The van der Waals surface area contributed by atoms with Gasteiger partial charge in [0.2, 0.25) is 0 Å². The first kappa shape index (κ1) is 14.0. The summed E-state index contributed by atoms with van der Waals surface area (Å²) in [7, 11) is 1.72. The highest BCUT2D eigenvalue weighted by atomic mass is 16.5. The van der Waals surface area contributed by atoms with Crippen LogP contribution in [-0.2, 0) is 4.74 Å². The molecule has 1 aromatic carbocycles. The van der Waals surface area contributed by atoms with Gasteiger partial charge in [-0.15, -0.1) is 0 Å². The first-order valence-electron chi connectivity index (χ1n) is 6.58. The monoisotopic (exact) mass is 236 g/mol. The third kappa shape index (κ3) is 4.39. The Kier molecular flexibility index (Phi) is 6.71. The van der Waals surface area contributed by atoms with Crippen molar-refractivity contribution in [1.29, 1.82) is 0 Å². The fourth-order valence-electron chi connectivity index (χ4n) is 1.91. The molecule has 0 saturated heterocycles. The van der Waals surface area contributed by atoms with Gasteiger partial charge in [0.1, 0.15) is 5.75 Å². The van der Waals surface area contributed by atoms with Gasteiger partial charge in [0.25, 0.3) is 0 Å². The van der Waals surface area contributed by atoms with E-state index in [1.165, 1.54) is 18.4 Å². The van der Waals surface area contributed by atoms with Gasteiger partial charge in [-0.3, -0.25) is 0 Å². The van der Waals surface area contributed by atoms with Crippen molar-refractivity contribution in [3.8, 4) is 5.75 Å². The van der Waals surface area contributed by atoms with Crippen molar-refractivity contribution in [3.05, 3.63) is 29.8 Å². The average Bonchev–Trinajstić information content (AvgIpc) is 2.39. The van der Waals surface area contributed by atoms with E-state index in [9.17, 15) is 0 Å². The van der Waals surface area contributed by atoms with Gasteiger partial charge in [-0.25, -0.2) is 0 Å². The molecule has 0 aliphatic rings. The highest BCUT2D eigenvalue weighted by Gasteiger charge is 2.15. The van der Waals surface area contributed by atoms with Gasteiger partial charge >= 0.3 is 0 Å². The van der Waals surface area contributed by atoms with Gasteiger partial charge < -0.3 is 9.47 Å². The normalized spacial score (nSPS) is 12.4. The summed E-state index contributed by atoms with van der Waals surface area (Å²) in [6.07, 6.45) is 4.67. The summed E-state index contributed by atoms with van der Waals surface area (Å²) in [5.41, 5.74) is 1.18. The molecule has 0 fully saturated rings. The van der Waals surface area contributed by atoms with Crippen LogP contribution in [0.2, 0.25) is 0 Å². The second-order valence-corrected chi connectivity index (χ2v) is 4.24. The number of ether oxygens (including phenoxy) is 2. The molecule has 0 bridgehead atoms. The summed E-state index contributed by atoms with van der Waals surface area (Å²) < 4.78 is 11.3. The Labute approximate surface area is 105 Å². The van der Waals surface area contributed by atoms with Gasteiger partial charge in [0.05, 0.1) is 13.2 Å². The van der Waals surface area contributed by atoms with Crippen LogP contribution in [0.5, 0.6) is 5.75 Å². The quantitative estimate of drug-likeness (QED) is 0.668. The average molecular weight is 236 g/mol. The molecule has 1 rings (SSSR count). The molecule has 0 N–H and O–H groups in total. The Morgan fingerprint density at radius 2 is 1.88 bits per heavy atom. The molecule has 0 heterocycles. The predicted molar refractivity (Wildman–Crippen MR) is 71.5 cm³/mol. The van der Waals surface area contributed by atoms with E-state index in [0.29, 0.717) is 0 Å². The number of hydrogen-bond donors (Lipinski definition) is 0. The molecule has 0 aliphatic carbocycles. The third-order valence-corrected chi connectivity index (χ3v) is 2.83. The van der Waals surface area contributed by atoms with E-state index in [1.807, 2.05) is 18.2 Å². The minimum Gasteiger partial charge on any atom is -0.496 e. The SMILES string of the molecule is CCCCC(OCCC)c1ccccc1OC. The summed E-state index contributed by atoms with van der Waals surface area (Å²) in [5.74, 6) is 0.935. The molecule has 1 aromatic rings. The van der Waals surface area contributed by atoms with E-state index < -0.39 is 0 Å². The Bertz CT molecular complexity index is 302. The molecule has 1 unspecified atom stereocenters. The zero-order valence-electron chi connectivity index (χ0n) is 11.2. The highest BCUT2D eigenvalue weighted by Crippen LogP contribution is 2.31. The van der Waals surface area contributed by atoms with Crippen molar-refractivity contribution in [3.63, 3.8) is 0 Å². The molecular formula is C15H24O2. The van der Waals surface area contributed by atoms with Crippen LogP contribution >= 0.6 is 0 Å². The minimum atomic E-state index is 0.172. The molecular weight excluding hydrogens is 212 g/mol. The van der Waals surface area contributed by atoms with Gasteiger partial charge in [-0.1, -0.05) is 44.9 Å². The summed E-state index contributed by atoms with van der Waals surface area (Å²) in [6, 6.07) is 8.16. The number of methoxy groups -OCH3 is 1. The van der Waals surface area contributed by atoms with E-state index >= 15 is 0 Å². The van der Waals surface area contributed by atoms with Crippen LogP contribution in [0.4, 0.5) is 0 Å². The Morgan fingerprint density at radius 3 is 2.53 bits per heavy atom. The van der Waals surface area contributed by atoms with Gasteiger partial charge in [-0.2, -0.15) is 0 Å². The molecule has 0 spiro atoms. The maximum atomic E-state index is 5.94. The number of para-hydroxylation sites is 1. The number of benzene rings is 1. The topological polar surface area (TPSA) is 18.5 Å². The predicted octanol–water partition coefficient (Wildman–Crippen LogP) is 4.35. The lowest BCUT2D eigenvalue weighted by Crippen LogP contribution is -2.07. The zero-order valence-corrected chi connectivity index (χ0v) is 11.2. The molecule has 0 aliphatic heterocycles. The molecule has 1 atom stereocenters. The van der Waals surface area contributed by atoms with Crippen LogP contribution in [0.25, 0.3) is 0 Å². The third-order valence-electron chi connectivity index (χ3n) is 2.83. The van der Waals surface area contributed by atoms with Gasteiger partial charge in [0, 0.05) is 12.2 Å². The zero-order chi connectivity index (χ0) is 12.5. The maximum absolute atomic E-state index is 5.94.